The normalized spacial score (nSPS) is 11.8. The van der Waals surface area contributed by atoms with Gasteiger partial charge in [-0.05, 0) is 13.3 Å². The Morgan fingerprint density at radius 2 is 2.19 bits per heavy atom. The van der Waals surface area contributed by atoms with Crippen LogP contribution in [-0.4, -0.2) is 29.1 Å². The summed E-state index contributed by atoms with van der Waals surface area (Å²) < 4.78 is 44.7. The van der Waals surface area contributed by atoms with Crippen molar-refractivity contribution in [1.29, 1.82) is 0 Å². The van der Waals surface area contributed by atoms with Gasteiger partial charge >= 0.3 is 6.18 Å². The second-order valence-corrected chi connectivity index (χ2v) is 3.65. The van der Waals surface area contributed by atoms with Gasteiger partial charge in [-0.25, -0.2) is 0 Å². The molecule has 1 heterocycles. The predicted molar refractivity (Wildman–Crippen MR) is 54.5 cm³/mol. The van der Waals surface area contributed by atoms with Gasteiger partial charge in [0.1, 0.15) is 0 Å². The number of ether oxygens (including phenoxy) is 1. The molecule has 0 aliphatic carbocycles. The van der Waals surface area contributed by atoms with Gasteiger partial charge in [-0.15, -0.1) is 0 Å². The van der Waals surface area contributed by atoms with E-state index in [2.05, 4.69) is 14.7 Å². The second-order valence-electron chi connectivity index (χ2n) is 2.90. The van der Waals surface area contributed by atoms with Crippen LogP contribution in [0.2, 0.25) is 0 Å². The van der Waals surface area contributed by atoms with Crippen LogP contribution in [0.3, 0.4) is 0 Å². The lowest BCUT2D eigenvalue weighted by Crippen LogP contribution is -2.08. The van der Waals surface area contributed by atoms with E-state index in [0.717, 1.165) is 6.42 Å². The summed E-state index contributed by atoms with van der Waals surface area (Å²) in [6.07, 6.45) is -3.75. The molecule has 0 aliphatic heterocycles. The molecule has 0 saturated heterocycles. The first-order valence-electron chi connectivity index (χ1n) is 4.76. The highest BCUT2D eigenvalue weighted by atomic mass is 32.1. The molecule has 0 aliphatic rings. The maximum atomic E-state index is 12.1. The van der Waals surface area contributed by atoms with Gasteiger partial charge in [0.15, 0.2) is 0 Å². The van der Waals surface area contributed by atoms with Crippen LogP contribution in [0.1, 0.15) is 19.2 Å². The van der Waals surface area contributed by atoms with Gasteiger partial charge in [0, 0.05) is 31.3 Å². The Hall–Kier alpha value is -0.890. The molecule has 0 radical (unpaired) electrons. The van der Waals surface area contributed by atoms with Gasteiger partial charge < -0.3 is 10.1 Å². The van der Waals surface area contributed by atoms with Gasteiger partial charge in [-0.3, -0.25) is 0 Å². The molecule has 4 nitrogen and oxygen atoms in total. The Labute approximate surface area is 95.0 Å². The largest absolute Gasteiger partial charge is 0.452 e. The lowest BCUT2D eigenvalue weighted by molar-refractivity contribution is -0.144. The highest BCUT2D eigenvalue weighted by Crippen LogP contribution is 2.28. The Morgan fingerprint density at radius 1 is 1.44 bits per heavy atom. The smallest absolute Gasteiger partial charge is 0.382 e. The first-order valence-corrected chi connectivity index (χ1v) is 5.54. The highest BCUT2D eigenvalue weighted by molar-refractivity contribution is 7.09. The number of aromatic nitrogens is 2. The molecule has 0 aromatic carbocycles. The monoisotopic (exact) mass is 255 g/mol. The fourth-order valence-corrected chi connectivity index (χ4v) is 1.54. The molecule has 0 saturated carbocycles. The average Bonchev–Trinajstić information content (AvgIpc) is 2.65. The van der Waals surface area contributed by atoms with Crippen LogP contribution >= 0.6 is 11.5 Å². The Kier molecular flexibility index (Phi) is 4.94. The Bertz CT molecular complexity index is 316. The summed E-state index contributed by atoms with van der Waals surface area (Å²) in [5.74, 6) is -1.09. The Balaban J connectivity index is 2.30. The van der Waals surface area contributed by atoms with E-state index in [-0.39, 0.29) is 5.13 Å². The minimum absolute atomic E-state index is 0.184. The standard InChI is InChI=1S/C8H12F3N3OS/c1-2-15-5-3-4-12-7-13-6(14-16-7)8(9,10)11/h2-5H2,1H3,(H,12,13,14). The van der Waals surface area contributed by atoms with Gasteiger partial charge in [-0.1, -0.05) is 0 Å². The SMILES string of the molecule is CCOCCCNc1nc(C(F)(F)F)ns1. The number of anilines is 1. The third-order valence-electron chi connectivity index (χ3n) is 1.63. The van der Waals surface area contributed by atoms with Crippen LogP contribution in [0.5, 0.6) is 0 Å². The second kappa shape index (κ2) is 6.00. The number of nitrogens with zero attached hydrogens (tertiary/aromatic N) is 2. The van der Waals surface area contributed by atoms with Gasteiger partial charge in [0.2, 0.25) is 11.0 Å². The number of alkyl halides is 3. The maximum Gasteiger partial charge on any atom is 0.452 e. The van der Waals surface area contributed by atoms with E-state index < -0.39 is 12.0 Å². The van der Waals surface area contributed by atoms with Crippen LogP contribution in [0, 0.1) is 0 Å². The van der Waals surface area contributed by atoms with Crippen molar-refractivity contribution in [3.63, 3.8) is 0 Å². The average molecular weight is 255 g/mol. The molecule has 1 N–H and O–H groups in total. The fraction of sp³-hybridized carbons (Fsp3) is 0.750. The number of hydrogen-bond acceptors (Lipinski definition) is 5. The molecule has 0 amide bonds. The molecular formula is C8H12F3N3OS. The van der Waals surface area contributed by atoms with E-state index >= 15 is 0 Å². The third-order valence-corrected chi connectivity index (χ3v) is 2.30. The molecule has 0 bridgehead atoms. The summed E-state index contributed by atoms with van der Waals surface area (Å²) >= 11 is 0.707. The molecule has 1 rings (SSSR count). The first kappa shape index (κ1) is 13.2. The van der Waals surface area contributed by atoms with Crippen molar-refractivity contribution in [2.75, 3.05) is 25.1 Å². The summed E-state index contributed by atoms with van der Waals surface area (Å²) in [5.41, 5.74) is 0. The van der Waals surface area contributed by atoms with Crippen LogP contribution in [0.15, 0.2) is 0 Å². The molecule has 8 heteroatoms. The van der Waals surface area contributed by atoms with Crippen molar-refractivity contribution in [2.45, 2.75) is 19.5 Å². The van der Waals surface area contributed by atoms with Crippen molar-refractivity contribution < 1.29 is 17.9 Å². The van der Waals surface area contributed by atoms with E-state index in [0.29, 0.717) is 31.3 Å². The summed E-state index contributed by atoms with van der Waals surface area (Å²) in [6.45, 7) is 3.62. The zero-order chi connectivity index (χ0) is 12.0. The first-order chi connectivity index (χ1) is 7.54. The lowest BCUT2D eigenvalue weighted by Gasteiger charge is -2.02. The zero-order valence-corrected chi connectivity index (χ0v) is 9.49. The summed E-state index contributed by atoms with van der Waals surface area (Å²) in [4.78, 5) is 3.33. The lowest BCUT2D eigenvalue weighted by atomic mass is 10.4. The fourth-order valence-electron chi connectivity index (χ4n) is 0.924. The predicted octanol–water partition coefficient (Wildman–Crippen LogP) is 2.40. The molecule has 0 spiro atoms. The molecule has 1 aromatic heterocycles. The number of rotatable bonds is 6. The molecule has 16 heavy (non-hydrogen) atoms. The van der Waals surface area contributed by atoms with Crippen LogP contribution < -0.4 is 5.32 Å². The van der Waals surface area contributed by atoms with Gasteiger partial charge in [-0.2, -0.15) is 22.5 Å². The molecule has 1 aromatic rings. The van der Waals surface area contributed by atoms with E-state index in [4.69, 9.17) is 4.74 Å². The number of nitrogens with one attached hydrogen (secondary N) is 1. The molecule has 0 fully saturated rings. The van der Waals surface area contributed by atoms with Crippen LogP contribution in [-0.2, 0) is 10.9 Å². The van der Waals surface area contributed by atoms with Gasteiger partial charge in [0.05, 0.1) is 0 Å². The topological polar surface area (TPSA) is 47.0 Å². The minimum Gasteiger partial charge on any atom is -0.382 e. The van der Waals surface area contributed by atoms with Crippen molar-refractivity contribution in [3.8, 4) is 0 Å². The van der Waals surface area contributed by atoms with E-state index in [1.807, 2.05) is 6.92 Å². The number of hydrogen-bond donors (Lipinski definition) is 1. The Morgan fingerprint density at radius 3 is 2.75 bits per heavy atom. The summed E-state index contributed by atoms with van der Waals surface area (Å²) in [5, 5.41) is 2.95. The van der Waals surface area contributed by atoms with Crippen molar-refractivity contribution in [1.82, 2.24) is 9.36 Å². The van der Waals surface area contributed by atoms with Crippen molar-refractivity contribution >= 4 is 16.7 Å². The van der Waals surface area contributed by atoms with Gasteiger partial charge in [0.25, 0.3) is 0 Å². The highest BCUT2D eigenvalue weighted by Gasteiger charge is 2.35. The summed E-state index contributed by atoms with van der Waals surface area (Å²) in [6, 6.07) is 0. The van der Waals surface area contributed by atoms with Crippen LogP contribution in [0.4, 0.5) is 18.3 Å². The molecule has 0 unspecified atom stereocenters. The third kappa shape index (κ3) is 4.31. The molecule has 92 valence electrons. The van der Waals surface area contributed by atoms with E-state index in [9.17, 15) is 13.2 Å². The zero-order valence-electron chi connectivity index (χ0n) is 8.67. The maximum absolute atomic E-state index is 12.1. The van der Waals surface area contributed by atoms with E-state index in [1.165, 1.54) is 0 Å². The van der Waals surface area contributed by atoms with Crippen molar-refractivity contribution in [3.05, 3.63) is 5.82 Å². The molecular weight excluding hydrogens is 243 g/mol. The minimum atomic E-state index is -4.47. The van der Waals surface area contributed by atoms with Crippen molar-refractivity contribution in [2.24, 2.45) is 0 Å². The summed E-state index contributed by atoms with van der Waals surface area (Å²) in [7, 11) is 0. The quantitative estimate of drug-likeness (QED) is 0.793. The van der Waals surface area contributed by atoms with Crippen LogP contribution in [0.25, 0.3) is 0 Å². The van der Waals surface area contributed by atoms with E-state index in [1.54, 1.807) is 0 Å². The number of halogens is 3. The molecule has 0 atom stereocenters.